The van der Waals surface area contributed by atoms with Crippen LogP contribution in [0.5, 0.6) is 11.5 Å². The van der Waals surface area contributed by atoms with E-state index >= 15 is 0 Å². The van der Waals surface area contributed by atoms with Gasteiger partial charge in [0, 0.05) is 17.9 Å². The zero-order chi connectivity index (χ0) is 15.2. The number of carbonyl (C=O) groups is 1. The summed E-state index contributed by atoms with van der Waals surface area (Å²) in [7, 11) is 0. The Bertz CT molecular complexity index is 627. The van der Waals surface area contributed by atoms with Crippen LogP contribution in [0.1, 0.15) is 16.1 Å². The van der Waals surface area contributed by atoms with E-state index in [1.54, 1.807) is 36.2 Å². The molecule has 1 aliphatic heterocycles. The molecule has 0 saturated heterocycles. The van der Waals surface area contributed by atoms with Gasteiger partial charge in [-0.1, -0.05) is 0 Å². The van der Waals surface area contributed by atoms with Crippen molar-refractivity contribution < 1.29 is 18.7 Å². The van der Waals surface area contributed by atoms with Gasteiger partial charge in [0.15, 0.2) is 11.5 Å². The van der Waals surface area contributed by atoms with Crippen LogP contribution in [0.2, 0.25) is 0 Å². The average molecular weight is 319 g/mol. The summed E-state index contributed by atoms with van der Waals surface area (Å²) in [4.78, 5) is 12.1. The Kier molecular flexibility index (Phi) is 4.90. The number of ether oxygens (including phenoxy) is 2. The highest BCUT2D eigenvalue weighted by atomic mass is 32.2. The first kappa shape index (κ1) is 14.8. The fraction of sp³-hybridized carbons (Fsp3) is 0.312. The molecule has 2 heterocycles. The molecular weight excluding hydrogens is 302 g/mol. The van der Waals surface area contributed by atoms with Gasteiger partial charge in [0.1, 0.15) is 19.0 Å². The Balaban J connectivity index is 1.43. The van der Waals surface area contributed by atoms with Gasteiger partial charge >= 0.3 is 0 Å². The van der Waals surface area contributed by atoms with Gasteiger partial charge in [0.2, 0.25) is 0 Å². The number of fused-ring (bicyclic) bond motifs is 1. The molecule has 0 unspecified atom stereocenters. The van der Waals surface area contributed by atoms with E-state index in [1.165, 1.54) is 0 Å². The molecule has 1 aromatic heterocycles. The number of hydrogen-bond donors (Lipinski definition) is 1. The number of benzene rings is 1. The molecule has 0 saturated carbocycles. The van der Waals surface area contributed by atoms with E-state index in [9.17, 15) is 4.79 Å². The summed E-state index contributed by atoms with van der Waals surface area (Å²) in [5.41, 5.74) is 0.584. The monoisotopic (exact) mass is 319 g/mol. The highest BCUT2D eigenvalue weighted by Crippen LogP contribution is 2.30. The number of nitrogens with one attached hydrogen (secondary N) is 1. The molecule has 0 aliphatic carbocycles. The third-order valence-corrected chi connectivity index (χ3v) is 4.14. The van der Waals surface area contributed by atoms with Gasteiger partial charge in [-0.3, -0.25) is 4.79 Å². The van der Waals surface area contributed by atoms with Gasteiger partial charge in [-0.15, -0.1) is 0 Å². The predicted molar refractivity (Wildman–Crippen MR) is 84.6 cm³/mol. The van der Waals surface area contributed by atoms with Crippen LogP contribution in [0.3, 0.4) is 0 Å². The van der Waals surface area contributed by atoms with Crippen LogP contribution < -0.4 is 14.8 Å². The first-order valence-electron chi connectivity index (χ1n) is 7.11. The van der Waals surface area contributed by atoms with E-state index in [1.807, 2.05) is 12.1 Å². The lowest BCUT2D eigenvalue weighted by Crippen LogP contribution is -2.26. The minimum atomic E-state index is -0.101. The van der Waals surface area contributed by atoms with Crippen LogP contribution in [0.15, 0.2) is 41.0 Å². The molecule has 3 rings (SSSR count). The topological polar surface area (TPSA) is 60.7 Å². The van der Waals surface area contributed by atoms with Gasteiger partial charge in [-0.2, -0.15) is 11.8 Å². The molecule has 1 N–H and O–H groups in total. The van der Waals surface area contributed by atoms with E-state index in [4.69, 9.17) is 13.9 Å². The number of carbonyl (C=O) groups excluding carboxylic acids is 1. The number of hydrogen-bond acceptors (Lipinski definition) is 5. The maximum absolute atomic E-state index is 12.1. The van der Waals surface area contributed by atoms with Gasteiger partial charge in [0.25, 0.3) is 5.91 Å². The summed E-state index contributed by atoms with van der Waals surface area (Å²) in [5.74, 6) is 3.81. The first-order chi connectivity index (χ1) is 10.8. The van der Waals surface area contributed by atoms with Crippen molar-refractivity contribution in [1.29, 1.82) is 0 Å². The lowest BCUT2D eigenvalue weighted by atomic mass is 10.2. The summed E-state index contributed by atoms with van der Waals surface area (Å²) in [5, 5.41) is 2.90. The molecule has 0 bridgehead atoms. The van der Waals surface area contributed by atoms with Gasteiger partial charge in [-0.05, 0) is 30.3 Å². The van der Waals surface area contributed by atoms with Crippen molar-refractivity contribution in [2.45, 2.75) is 5.75 Å². The van der Waals surface area contributed by atoms with Gasteiger partial charge < -0.3 is 19.2 Å². The van der Waals surface area contributed by atoms with Crippen molar-refractivity contribution in [1.82, 2.24) is 5.32 Å². The second-order valence-electron chi connectivity index (χ2n) is 4.75. The zero-order valence-corrected chi connectivity index (χ0v) is 12.9. The van der Waals surface area contributed by atoms with Crippen molar-refractivity contribution in [3.8, 4) is 11.5 Å². The molecule has 116 valence electrons. The Labute approximate surface area is 133 Å². The third kappa shape index (κ3) is 3.76. The van der Waals surface area contributed by atoms with E-state index in [0.29, 0.717) is 36.8 Å². The van der Waals surface area contributed by atoms with Crippen molar-refractivity contribution >= 4 is 17.7 Å². The molecule has 0 atom stereocenters. The Morgan fingerprint density at radius 1 is 1.18 bits per heavy atom. The summed E-state index contributed by atoms with van der Waals surface area (Å²) in [6, 6.07) is 9.06. The maximum Gasteiger partial charge on any atom is 0.251 e. The Morgan fingerprint density at radius 2 is 2.05 bits per heavy atom. The largest absolute Gasteiger partial charge is 0.486 e. The normalized spacial score (nSPS) is 12.9. The molecule has 1 aliphatic rings. The first-order valence-corrected chi connectivity index (χ1v) is 8.26. The maximum atomic E-state index is 12.1. The van der Waals surface area contributed by atoms with Gasteiger partial charge in [0.05, 0.1) is 12.0 Å². The van der Waals surface area contributed by atoms with Crippen molar-refractivity contribution in [2.75, 3.05) is 25.5 Å². The second-order valence-corrected chi connectivity index (χ2v) is 5.85. The SMILES string of the molecule is O=C(NCCSCc1ccco1)c1ccc2c(c1)OCCO2. The quantitative estimate of drug-likeness (QED) is 0.830. The predicted octanol–water partition coefficient (Wildman–Crippen LogP) is 2.71. The van der Waals surface area contributed by atoms with Crippen LogP contribution in [0.25, 0.3) is 0 Å². The summed E-state index contributed by atoms with van der Waals surface area (Å²) >= 11 is 1.72. The molecule has 1 aromatic carbocycles. The smallest absolute Gasteiger partial charge is 0.251 e. The van der Waals surface area contributed by atoms with Crippen LogP contribution >= 0.6 is 11.8 Å². The highest BCUT2D eigenvalue weighted by Gasteiger charge is 2.14. The minimum absolute atomic E-state index is 0.101. The number of thioether (sulfide) groups is 1. The van der Waals surface area contributed by atoms with Crippen LogP contribution in [0.4, 0.5) is 0 Å². The Hall–Kier alpha value is -2.08. The molecule has 0 radical (unpaired) electrons. The molecule has 22 heavy (non-hydrogen) atoms. The zero-order valence-electron chi connectivity index (χ0n) is 12.0. The van der Waals surface area contributed by atoms with Crippen LogP contribution in [0, 0.1) is 0 Å². The van der Waals surface area contributed by atoms with Crippen molar-refractivity contribution in [3.05, 3.63) is 47.9 Å². The lowest BCUT2D eigenvalue weighted by Gasteiger charge is -2.18. The molecule has 0 fully saturated rings. The summed E-state index contributed by atoms with van der Waals surface area (Å²) < 4.78 is 16.2. The molecular formula is C16H17NO4S. The fourth-order valence-electron chi connectivity index (χ4n) is 2.09. The fourth-order valence-corrected chi connectivity index (χ4v) is 2.85. The molecule has 6 heteroatoms. The molecule has 5 nitrogen and oxygen atoms in total. The summed E-state index contributed by atoms with van der Waals surface area (Å²) in [6.45, 7) is 1.67. The standard InChI is InChI=1S/C16H17NO4S/c18-16(17-5-9-22-11-13-2-1-6-19-13)12-3-4-14-15(10-12)21-8-7-20-14/h1-4,6,10H,5,7-9,11H2,(H,17,18). The lowest BCUT2D eigenvalue weighted by molar-refractivity contribution is 0.0955. The average Bonchev–Trinajstić information content (AvgIpc) is 3.07. The van der Waals surface area contributed by atoms with E-state index in [2.05, 4.69) is 5.32 Å². The van der Waals surface area contributed by atoms with E-state index in [0.717, 1.165) is 17.3 Å². The highest BCUT2D eigenvalue weighted by molar-refractivity contribution is 7.98. The third-order valence-electron chi connectivity index (χ3n) is 3.16. The van der Waals surface area contributed by atoms with E-state index < -0.39 is 0 Å². The molecule has 2 aromatic rings. The Morgan fingerprint density at radius 3 is 2.86 bits per heavy atom. The summed E-state index contributed by atoms with van der Waals surface area (Å²) in [6.07, 6.45) is 1.67. The minimum Gasteiger partial charge on any atom is -0.486 e. The molecule has 0 spiro atoms. The number of amides is 1. The van der Waals surface area contributed by atoms with Crippen molar-refractivity contribution in [2.24, 2.45) is 0 Å². The van der Waals surface area contributed by atoms with Crippen molar-refractivity contribution in [3.63, 3.8) is 0 Å². The second kappa shape index (κ2) is 7.26. The van der Waals surface area contributed by atoms with Crippen LogP contribution in [-0.2, 0) is 5.75 Å². The number of furan rings is 1. The molecule has 1 amide bonds. The van der Waals surface area contributed by atoms with Gasteiger partial charge in [-0.25, -0.2) is 0 Å². The van der Waals surface area contributed by atoms with Crippen LogP contribution in [-0.4, -0.2) is 31.4 Å². The van der Waals surface area contributed by atoms with E-state index in [-0.39, 0.29) is 5.91 Å². The number of rotatable bonds is 6.